The molecule has 0 bridgehead atoms. The van der Waals surface area contributed by atoms with Crippen LogP contribution < -0.4 is 24.3 Å². The summed E-state index contributed by atoms with van der Waals surface area (Å²) < 4.78 is 21.0. The average Bonchev–Trinajstić information content (AvgIpc) is 3.02. The Morgan fingerprint density at radius 3 is 2.48 bits per heavy atom. The predicted octanol–water partition coefficient (Wildman–Crippen LogP) is 2.99. The molecule has 2 aromatic rings. The lowest BCUT2D eigenvalue weighted by molar-refractivity contribution is 0.102. The topological polar surface area (TPSA) is 66.0 Å². The van der Waals surface area contributed by atoms with Gasteiger partial charge in [-0.3, -0.25) is 4.79 Å². The second kappa shape index (κ2) is 6.08. The van der Waals surface area contributed by atoms with E-state index < -0.39 is 0 Å². The van der Waals surface area contributed by atoms with E-state index >= 15 is 0 Å². The maximum absolute atomic E-state index is 12.5. The zero-order chi connectivity index (χ0) is 16.4. The molecule has 0 radical (unpaired) electrons. The Kier molecular flexibility index (Phi) is 3.97. The zero-order valence-corrected chi connectivity index (χ0v) is 13.1. The van der Waals surface area contributed by atoms with Crippen molar-refractivity contribution in [1.29, 1.82) is 0 Å². The van der Waals surface area contributed by atoms with E-state index in [1.54, 1.807) is 37.4 Å². The molecule has 0 aliphatic carbocycles. The predicted molar refractivity (Wildman–Crippen MR) is 84.8 cm³/mol. The number of rotatable bonds is 4. The second-order valence-corrected chi connectivity index (χ2v) is 5.04. The van der Waals surface area contributed by atoms with Gasteiger partial charge < -0.3 is 24.3 Å². The van der Waals surface area contributed by atoms with Crippen molar-refractivity contribution in [3.05, 3.63) is 41.5 Å². The van der Waals surface area contributed by atoms with Gasteiger partial charge >= 0.3 is 0 Å². The second-order valence-electron chi connectivity index (χ2n) is 5.04. The summed E-state index contributed by atoms with van der Waals surface area (Å²) in [5.74, 6) is 2.15. The summed E-state index contributed by atoms with van der Waals surface area (Å²) in [6, 6.07) is 8.70. The number of hydrogen-bond acceptors (Lipinski definition) is 5. The molecule has 3 rings (SSSR count). The molecule has 1 heterocycles. The number of amides is 1. The highest BCUT2D eigenvalue weighted by atomic mass is 16.7. The summed E-state index contributed by atoms with van der Waals surface area (Å²) in [6.45, 7) is 2.04. The van der Waals surface area contributed by atoms with Crippen molar-refractivity contribution in [2.75, 3.05) is 26.3 Å². The first-order valence-corrected chi connectivity index (χ1v) is 7.06. The summed E-state index contributed by atoms with van der Waals surface area (Å²) in [6.07, 6.45) is 0. The minimum Gasteiger partial charge on any atom is -0.493 e. The van der Waals surface area contributed by atoms with Crippen LogP contribution in [0.25, 0.3) is 0 Å². The van der Waals surface area contributed by atoms with Crippen LogP contribution in [0.4, 0.5) is 5.69 Å². The van der Waals surface area contributed by atoms with E-state index in [2.05, 4.69) is 5.32 Å². The van der Waals surface area contributed by atoms with Crippen molar-refractivity contribution >= 4 is 11.6 Å². The normalized spacial score (nSPS) is 12.0. The fraction of sp³-hybridized carbons (Fsp3) is 0.235. The first-order chi connectivity index (χ1) is 11.1. The van der Waals surface area contributed by atoms with Gasteiger partial charge in [-0.15, -0.1) is 0 Å². The number of fused-ring (bicyclic) bond motifs is 1. The van der Waals surface area contributed by atoms with E-state index in [4.69, 9.17) is 18.9 Å². The quantitative estimate of drug-likeness (QED) is 0.939. The molecular formula is C17H17NO5. The Balaban J connectivity index is 1.86. The van der Waals surface area contributed by atoms with E-state index in [1.807, 2.05) is 6.92 Å². The van der Waals surface area contributed by atoms with E-state index in [1.165, 1.54) is 7.11 Å². The summed E-state index contributed by atoms with van der Waals surface area (Å²) >= 11 is 0. The van der Waals surface area contributed by atoms with Crippen LogP contribution in [0.2, 0.25) is 0 Å². The molecule has 120 valence electrons. The highest BCUT2D eigenvalue weighted by Gasteiger charge is 2.17. The zero-order valence-electron chi connectivity index (χ0n) is 13.1. The van der Waals surface area contributed by atoms with Gasteiger partial charge in [-0.05, 0) is 36.8 Å². The van der Waals surface area contributed by atoms with Gasteiger partial charge in [0.15, 0.2) is 23.0 Å². The van der Waals surface area contributed by atoms with Gasteiger partial charge in [0.05, 0.1) is 14.2 Å². The molecule has 0 unspecified atom stereocenters. The first kappa shape index (κ1) is 15.0. The van der Waals surface area contributed by atoms with Crippen molar-refractivity contribution < 1.29 is 23.7 Å². The number of nitrogens with one attached hydrogen (secondary N) is 1. The largest absolute Gasteiger partial charge is 0.493 e. The van der Waals surface area contributed by atoms with Crippen molar-refractivity contribution in [3.63, 3.8) is 0 Å². The SMILES string of the molecule is COc1cc(C)c(C(=O)Nc2ccc3c(c2)OCO3)cc1OC. The summed E-state index contributed by atoms with van der Waals surface area (Å²) in [7, 11) is 3.09. The number of aryl methyl sites for hydroxylation is 1. The van der Waals surface area contributed by atoms with Crippen LogP contribution in [-0.4, -0.2) is 26.9 Å². The van der Waals surface area contributed by atoms with Crippen LogP contribution in [0, 0.1) is 6.92 Å². The molecule has 23 heavy (non-hydrogen) atoms. The molecule has 6 heteroatoms. The fourth-order valence-corrected chi connectivity index (χ4v) is 2.40. The molecular weight excluding hydrogens is 298 g/mol. The van der Waals surface area contributed by atoms with E-state index in [-0.39, 0.29) is 12.7 Å². The Morgan fingerprint density at radius 2 is 1.74 bits per heavy atom. The van der Waals surface area contributed by atoms with Gasteiger partial charge in [0, 0.05) is 17.3 Å². The number of anilines is 1. The van der Waals surface area contributed by atoms with Gasteiger partial charge in [0.2, 0.25) is 6.79 Å². The van der Waals surface area contributed by atoms with E-state index in [0.717, 1.165) is 5.56 Å². The summed E-state index contributed by atoms with van der Waals surface area (Å²) in [4.78, 5) is 12.5. The molecule has 2 aromatic carbocycles. The lowest BCUT2D eigenvalue weighted by atomic mass is 10.1. The monoisotopic (exact) mass is 315 g/mol. The van der Waals surface area contributed by atoms with Gasteiger partial charge in [-0.1, -0.05) is 0 Å². The minimum absolute atomic E-state index is 0.196. The third-order valence-electron chi connectivity index (χ3n) is 3.61. The average molecular weight is 315 g/mol. The van der Waals surface area contributed by atoms with Crippen LogP contribution in [0.3, 0.4) is 0 Å². The first-order valence-electron chi connectivity index (χ1n) is 7.06. The Hall–Kier alpha value is -2.89. The van der Waals surface area contributed by atoms with Crippen LogP contribution in [0.15, 0.2) is 30.3 Å². The third-order valence-corrected chi connectivity index (χ3v) is 3.61. The lowest BCUT2D eigenvalue weighted by Crippen LogP contribution is -2.13. The minimum atomic E-state index is -0.234. The number of benzene rings is 2. The number of methoxy groups -OCH3 is 2. The summed E-state index contributed by atoms with van der Waals surface area (Å²) in [5.41, 5.74) is 1.94. The van der Waals surface area contributed by atoms with Crippen LogP contribution in [0.1, 0.15) is 15.9 Å². The molecule has 1 amide bonds. The van der Waals surface area contributed by atoms with E-state index in [0.29, 0.717) is 34.2 Å². The van der Waals surface area contributed by atoms with Crippen LogP contribution in [0.5, 0.6) is 23.0 Å². The van der Waals surface area contributed by atoms with Crippen LogP contribution in [-0.2, 0) is 0 Å². The molecule has 0 saturated heterocycles. The molecule has 1 N–H and O–H groups in total. The molecule has 1 aliphatic rings. The van der Waals surface area contributed by atoms with Crippen LogP contribution >= 0.6 is 0 Å². The number of carbonyl (C=O) groups excluding carboxylic acids is 1. The molecule has 0 fully saturated rings. The third kappa shape index (κ3) is 2.88. The van der Waals surface area contributed by atoms with Gasteiger partial charge in [0.1, 0.15) is 0 Å². The van der Waals surface area contributed by atoms with Crippen molar-refractivity contribution in [3.8, 4) is 23.0 Å². The molecule has 1 aliphatic heterocycles. The lowest BCUT2D eigenvalue weighted by Gasteiger charge is -2.13. The molecule has 6 nitrogen and oxygen atoms in total. The highest BCUT2D eigenvalue weighted by molar-refractivity contribution is 6.05. The molecule has 0 spiro atoms. The number of carbonyl (C=O) groups is 1. The van der Waals surface area contributed by atoms with E-state index in [9.17, 15) is 4.79 Å². The standard InChI is InChI=1S/C17H17NO5/c1-10-6-14(20-2)15(21-3)8-12(10)17(19)18-11-4-5-13-16(7-11)23-9-22-13/h4-8H,9H2,1-3H3,(H,18,19). The Labute approximate surface area is 133 Å². The Bertz CT molecular complexity index is 757. The fourth-order valence-electron chi connectivity index (χ4n) is 2.40. The van der Waals surface area contributed by atoms with Gasteiger partial charge in [0.25, 0.3) is 5.91 Å². The smallest absolute Gasteiger partial charge is 0.256 e. The molecule has 0 atom stereocenters. The van der Waals surface area contributed by atoms with Gasteiger partial charge in [-0.25, -0.2) is 0 Å². The van der Waals surface area contributed by atoms with Gasteiger partial charge in [-0.2, -0.15) is 0 Å². The Morgan fingerprint density at radius 1 is 1.04 bits per heavy atom. The van der Waals surface area contributed by atoms with Crippen molar-refractivity contribution in [1.82, 2.24) is 0 Å². The molecule has 0 aromatic heterocycles. The number of hydrogen-bond donors (Lipinski definition) is 1. The maximum Gasteiger partial charge on any atom is 0.256 e. The summed E-state index contributed by atoms with van der Waals surface area (Å²) in [5, 5.41) is 2.85. The highest BCUT2D eigenvalue weighted by Crippen LogP contribution is 2.35. The van der Waals surface area contributed by atoms with Crippen molar-refractivity contribution in [2.24, 2.45) is 0 Å². The van der Waals surface area contributed by atoms with Crippen molar-refractivity contribution in [2.45, 2.75) is 6.92 Å². The maximum atomic E-state index is 12.5. The number of ether oxygens (including phenoxy) is 4. The molecule has 0 saturated carbocycles.